The first-order chi connectivity index (χ1) is 9.69. The molecule has 20 heavy (non-hydrogen) atoms. The van der Waals surface area contributed by atoms with Crippen molar-refractivity contribution < 1.29 is 0 Å². The average molecular weight is 328 g/mol. The molecular weight excluding hydrogens is 314 g/mol. The molecule has 4 rings (SSSR count). The zero-order chi connectivity index (χ0) is 13.7. The summed E-state index contributed by atoms with van der Waals surface area (Å²) in [4.78, 5) is 11.4. The van der Waals surface area contributed by atoms with Crippen LogP contribution in [0.2, 0.25) is 0 Å². The minimum Gasteiger partial charge on any atom is -0.259 e. The van der Waals surface area contributed by atoms with Crippen molar-refractivity contribution in [3.63, 3.8) is 0 Å². The van der Waals surface area contributed by atoms with Gasteiger partial charge in [0.1, 0.15) is 0 Å². The number of pyridine rings is 1. The second-order valence-corrected chi connectivity index (χ2v) is 6.34. The van der Waals surface area contributed by atoms with Gasteiger partial charge in [-0.3, -0.25) is 14.9 Å². The zero-order valence-corrected chi connectivity index (χ0v) is 12.7. The topological polar surface area (TPSA) is 28.3 Å². The van der Waals surface area contributed by atoms with E-state index >= 15 is 0 Å². The van der Waals surface area contributed by atoms with Crippen LogP contribution in [-0.4, -0.2) is 22.6 Å². The van der Waals surface area contributed by atoms with E-state index in [-0.39, 0.29) is 5.66 Å². The highest BCUT2D eigenvalue weighted by Gasteiger charge is 2.57. The van der Waals surface area contributed by atoms with Crippen LogP contribution in [0.4, 0.5) is 0 Å². The fourth-order valence-electron chi connectivity index (χ4n) is 2.68. The van der Waals surface area contributed by atoms with E-state index in [0.29, 0.717) is 6.04 Å². The van der Waals surface area contributed by atoms with Gasteiger partial charge in [0.2, 0.25) is 0 Å². The highest BCUT2D eigenvalue weighted by molar-refractivity contribution is 9.10. The van der Waals surface area contributed by atoms with Crippen molar-refractivity contribution in [3.05, 3.63) is 63.9 Å². The Hall–Kier alpha value is -1.52. The lowest BCUT2D eigenvalue weighted by atomic mass is 10.1. The van der Waals surface area contributed by atoms with Gasteiger partial charge in [-0.15, -0.1) is 0 Å². The minimum atomic E-state index is -0.292. The number of aryl methyl sites for hydroxylation is 1. The van der Waals surface area contributed by atoms with Crippen molar-refractivity contribution >= 4 is 22.1 Å². The predicted octanol–water partition coefficient (Wildman–Crippen LogP) is 3.45. The lowest BCUT2D eigenvalue weighted by molar-refractivity contribution is 0.366. The normalized spacial score (nSPS) is 30.3. The summed E-state index contributed by atoms with van der Waals surface area (Å²) in [6, 6.07) is 13.2. The Morgan fingerprint density at radius 3 is 2.65 bits per heavy atom. The van der Waals surface area contributed by atoms with E-state index in [2.05, 4.69) is 68.1 Å². The number of halogens is 1. The summed E-state index contributed by atoms with van der Waals surface area (Å²) in [7, 11) is 0. The number of rotatable bonds is 3. The second-order valence-electron chi connectivity index (χ2n) is 5.42. The van der Waals surface area contributed by atoms with Gasteiger partial charge < -0.3 is 0 Å². The maximum Gasteiger partial charge on any atom is 0.191 e. The number of nitrogens with zero attached hydrogens (tertiary/aromatic N) is 3. The molecule has 0 bridgehead atoms. The lowest BCUT2D eigenvalue weighted by Crippen LogP contribution is -2.24. The third-order valence-corrected chi connectivity index (χ3v) is 4.48. The summed E-state index contributed by atoms with van der Waals surface area (Å²) >= 11 is 3.51. The molecule has 2 aliphatic heterocycles. The molecule has 0 radical (unpaired) electrons. The maximum atomic E-state index is 4.52. The van der Waals surface area contributed by atoms with E-state index in [1.54, 1.807) is 0 Å². The lowest BCUT2D eigenvalue weighted by Gasteiger charge is -2.16. The monoisotopic (exact) mass is 327 g/mol. The number of aromatic nitrogens is 1. The first-order valence-electron chi connectivity index (χ1n) is 6.71. The maximum absolute atomic E-state index is 4.52. The van der Waals surface area contributed by atoms with E-state index < -0.39 is 0 Å². The fourth-order valence-corrected chi connectivity index (χ4v) is 3.02. The fraction of sp³-hybridized carbons (Fsp3) is 0.250. The minimum absolute atomic E-state index is 0.292. The Labute approximate surface area is 126 Å². The molecule has 0 aliphatic carbocycles. The van der Waals surface area contributed by atoms with Gasteiger partial charge in [0.05, 0.1) is 18.0 Å². The molecule has 0 saturated carbocycles. The Balaban J connectivity index is 1.59. The van der Waals surface area contributed by atoms with Gasteiger partial charge in [0.15, 0.2) is 5.66 Å². The van der Waals surface area contributed by atoms with E-state index in [9.17, 15) is 0 Å². The molecule has 1 saturated heterocycles. The molecule has 4 heteroatoms. The summed E-state index contributed by atoms with van der Waals surface area (Å²) < 4.78 is 1.05. The van der Waals surface area contributed by atoms with Crippen molar-refractivity contribution in [3.8, 4) is 0 Å². The van der Waals surface area contributed by atoms with Crippen molar-refractivity contribution in [2.45, 2.75) is 18.6 Å². The molecule has 1 fully saturated rings. The molecule has 1 aromatic heterocycles. The molecule has 2 aliphatic rings. The van der Waals surface area contributed by atoms with Crippen molar-refractivity contribution in [1.29, 1.82) is 0 Å². The molecule has 100 valence electrons. The first-order valence-corrected chi connectivity index (χ1v) is 7.50. The SMILES string of the molecule is Cc1ccc(C2CN2C2(c3cc(Br)ccn3)C=N2)cc1. The average Bonchev–Trinajstić information content (AvgIpc) is 3.33. The van der Waals surface area contributed by atoms with Crippen LogP contribution in [0.3, 0.4) is 0 Å². The smallest absolute Gasteiger partial charge is 0.191 e. The van der Waals surface area contributed by atoms with Gasteiger partial charge in [0.25, 0.3) is 0 Å². The van der Waals surface area contributed by atoms with Crippen molar-refractivity contribution in [1.82, 2.24) is 9.88 Å². The molecule has 0 spiro atoms. The van der Waals surface area contributed by atoms with Crippen LogP contribution in [-0.2, 0) is 5.66 Å². The summed E-state index contributed by atoms with van der Waals surface area (Å²) in [5.74, 6) is 0. The third kappa shape index (κ3) is 1.91. The summed E-state index contributed by atoms with van der Waals surface area (Å²) in [5.41, 5.74) is 3.37. The molecule has 3 heterocycles. The predicted molar refractivity (Wildman–Crippen MR) is 82.7 cm³/mol. The summed E-state index contributed by atoms with van der Waals surface area (Å²) in [6.07, 6.45) is 3.82. The van der Waals surface area contributed by atoms with E-state index in [4.69, 9.17) is 0 Å². The number of hydrogen-bond acceptors (Lipinski definition) is 3. The Kier molecular flexibility index (Phi) is 2.59. The number of benzene rings is 1. The highest BCUT2D eigenvalue weighted by atomic mass is 79.9. The molecule has 3 atom stereocenters. The van der Waals surface area contributed by atoms with Gasteiger partial charge in [-0.25, -0.2) is 0 Å². The van der Waals surface area contributed by atoms with Gasteiger partial charge in [-0.2, -0.15) is 0 Å². The molecular formula is C16H14BrN3. The quantitative estimate of drug-likeness (QED) is 0.808. The number of hydrogen-bond donors (Lipinski definition) is 0. The Morgan fingerprint density at radius 2 is 2.00 bits per heavy atom. The first kappa shape index (κ1) is 12.2. The van der Waals surface area contributed by atoms with Gasteiger partial charge in [-0.05, 0) is 24.6 Å². The van der Waals surface area contributed by atoms with Crippen molar-refractivity contribution in [2.24, 2.45) is 4.99 Å². The molecule has 3 unspecified atom stereocenters. The standard InChI is InChI=1S/C16H14BrN3/c1-11-2-4-12(5-3-11)14-9-20(14)16(10-19-16)15-8-13(17)6-7-18-15/h2-8,10,14H,9H2,1H3. The Bertz CT molecular complexity index is 687. The zero-order valence-electron chi connectivity index (χ0n) is 11.1. The van der Waals surface area contributed by atoms with Gasteiger partial charge in [-0.1, -0.05) is 45.8 Å². The molecule has 2 aromatic rings. The Morgan fingerprint density at radius 1 is 1.25 bits per heavy atom. The number of aliphatic imine (C=N–C) groups is 1. The summed E-state index contributed by atoms with van der Waals surface area (Å²) in [6.45, 7) is 3.16. The molecule has 0 N–H and O–H groups in total. The van der Waals surface area contributed by atoms with Crippen LogP contribution < -0.4 is 0 Å². The molecule has 1 aromatic carbocycles. The van der Waals surface area contributed by atoms with Crippen LogP contribution in [0.15, 0.2) is 52.1 Å². The second kappa shape index (κ2) is 4.24. The van der Waals surface area contributed by atoms with Gasteiger partial charge in [0, 0.05) is 17.2 Å². The van der Waals surface area contributed by atoms with Crippen LogP contribution in [0.5, 0.6) is 0 Å². The van der Waals surface area contributed by atoms with E-state index in [0.717, 1.165) is 16.7 Å². The third-order valence-electron chi connectivity index (χ3n) is 3.98. The van der Waals surface area contributed by atoms with Crippen molar-refractivity contribution in [2.75, 3.05) is 6.54 Å². The molecule has 3 nitrogen and oxygen atoms in total. The molecule has 0 amide bonds. The van der Waals surface area contributed by atoms with Crippen LogP contribution in [0.25, 0.3) is 0 Å². The van der Waals surface area contributed by atoms with Crippen LogP contribution in [0.1, 0.15) is 22.9 Å². The van der Waals surface area contributed by atoms with Gasteiger partial charge >= 0.3 is 0 Å². The highest BCUT2D eigenvalue weighted by Crippen LogP contribution is 2.50. The van der Waals surface area contributed by atoms with Crippen LogP contribution in [0, 0.1) is 6.92 Å². The van der Waals surface area contributed by atoms with E-state index in [1.807, 2.05) is 18.5 Å². The van der Waals surface area contributed by atoms with E-state index in [1.165, 1.54) is 11.1 Å². The largest absolute Gasteiger partial charge is 0.259 e. The summed E-state index contributed by atoms with van der Waals surface area (Å²) in [5, 5.41) is 0. The van der Waals surface area contributed by atoms with Crippen LogP contribution >= 0.6 is 15.9 Å².